The lowest BCUT2D eigenvalue weighted by molar-refractivity contribution is 0.609. The van der Waals surface area contributed by atoms with Gasteiger partial charge in [0.25, 0.3) is 0 Å². The maximum Gasteiger partial charge on any atom is 0.0827 e. The van der Waals surface area contributed by atoms with Gasteiger partial charge in [-0.15, -0.1) is 0 Å². The maximum atomic E-state index is 4.48. The van der Waals surface area contributed by atoms with E-state index in [0.29, 0.717) is 6.04 Å². The Labute approximate surface area is 128 Å². The minimum Gasteiger partial charge on any atom is -0.379 e. The number of nitrogens with zero attached hydrogens (tertiary/aromatic N) is 2. The van der Waals surface area contributed by atoms with Gasteiger partial charge in [-0.3, -0.25) is 4.68 Å². The molecule has 1 atom stereocenters. The second-order valence-corrected chi connectivity index (χ2v) is 6.58. The van der Waals surface area contributed by atoms with E-state index in [2.05, 4.69) is 58.4 Å². The van der Waals surface area contributed by atoms with Crippen LogP contribution in [0.2, 0.25) is 0 Å². The lowest BCUT2D eigenvalue weighted by atomic mass is 9.88. The van der Waals surface area contributed by atoms with Gasteiger partial charge in [0.1, 0.15) is 0 Å². The van der Waals surface area contributed by atoms with E-state index in [-0.39, 0.29) is 0 Å². The predicted octanol–water partition coefficient (Wildman–Crippen LogP) is 3.77. The SMILES string of the molecule is Cc1nn(C)c(C)c1NC1CCc2cc(Br)ccc2C1. The van der Waals surface area contributed by atoms with Gasteiger partial charge in [0.15, 0.2) is 0 Å². The highest BCUT2D eigenvalue weighted by atomic mass is 79.9. The Morgan fingerprint density at radius 1 is 1.30 bits per heavy atom. The molecule has 2 aromatic rings. The molecule has 106 valence electrons. The van der Waals surface area contributed by atoms with Crippen molar-refractivity contribution >= 4 is 21.6 Å². The van der Waals surface area contributed by atoms with Crippen LogP contribution in [0.5, 0.6) is 0 Å². The maximum absolute atomic E-state index is 4.48. The van der Waals surface area contributed by atoms with Gasteiger partial charge >= 0.3 is 0 Å². The molecule has 0 bridgehead atoms. The Kier molecular flexibility index (Phi) is 3.59. The highest BCUT2D eigenvalue weighted by molar-refractivity contribution is 9.10. The van der Waals surface area contributed by atoms with Crippen LogP contribution in [0.3, 0.4) is 0 Å². The molecule has 3 nitrogen and oxygen atoms in total. The number of aryl methyl sites for hydroxylation is 3. The molecule has 20 heavy (non-hydrogen) atoms. The predicted molar refractivity (Wildman–Crippen MR) is 86.3 cm³/mol. The number of halogens is 1. The van der Waals surface area contributed by atoms with Crippen molar-refractivity contribution in [2.75, 3.05) is 5.32 Å². The molecule has 1 unspecified atom stereocenters. The number of hydrogen-bond donors (Lipinski definition) is 1. The quantitative estimate of drug-likeness (QED) is 0.906. The lowest BCUT2D eigenvalue weighted by Gasteiger charge is -2.26. The highest BCUT2D eigenvalue weighted by Gasteiger charge is 2.20. The van der Waals surface area contributed by atoms with Crippen molar-refractivity contribution in [3.8, 4) is 0 Å². The number of fused-ring (bicyclic) bond motifs is 1. The molecule has 1 N–H and O–H groups in total. The van der Waals surface area contributed by atoms with E-state index in [1.807, 2.05) is 11.7 Å². The lowest BCUT2D eigenvalue weighted by Crippen LogP contribution is -2.27. The van der Waals surface area contributed by atoms with E-state index in [0.717, 1.165) is 18.5 Å². The van der Waals surface area contributed by atoms with Crippen LogP contribution in [0.4, 0.5) is 5.69 Å². The van der Waals surface area contributed by atoms with Crippen molar-refractivity contribution in [2.24, 2.45) is 7.05 Å². The molecule has 1 aliphatic carbocycles. The fourth-order valence-electron chi connectivity index (χ4n) is 3.03. The van der Waals surface area contributed by atoms with Crippen LogP contribution in [0.15, 0.2) is 22.7 Å². The summed E-state index contributed by atoms with van der Waals surface area (Å²) < 4.78 is 3.13. The van der Waals surface area contributed by atoms with Gasteiger partial charge in [-0.2, -0.15) is 5.10 Å². The number of rotatable bonds is 2. The summed E-state index contributed by atoms with van der Waals surface area (Å²) in [5, 5.41) is 8.18. The van der Waals surface area contributed by atoms with E-state index in [9.17, 15) is 0 Å². The minimum absolute atomic E-state index is 0.505. The largest absolute Gasteiger partial charge is 0.379 e. The van der Waals surface area contributed by atoms with Crippen molar-refractivity contribution in [2.45, 2.75) is 39.2 Å². The molecule has 4 heteroatoms. The Bertz CT molecular complexity index is 645. The van der Waals surface area contributed by atoms with Crippen LogP contribution >= 0.6 is 15.9 Å². The van der Waals surface area contributed by atoms with Crippen LogP contribution in [-0.2, 0) is 19.9 Å². The molecule has 0 amide bonds. The third-order valence-corrected chi connectivity index (χ3v) is 4.75. The van der Waals surface area contributed by atoms with Gasteiger partial charge in [0, 0.05) is 17.6 Å². The molecule has 1 aliphatic rings. The smallest absolute Gasteiger partial charge is 0.0827 e. The van der Waals surface area contributed by atoms with E-state index in [4.69, 9.17) is 0 Å². The molecule has 0 saturated heterocycles. The molecule has 1 aromatic carbocycles. The van der Waals surface area contributed by atoms with Gasteiger partial charge in [0.05, 0.1) is 17.1 Å². The van der Waals surface area contributed by atoms with Gasteiger partial charge in [0.2, 0.25) is 0 Å². The Balaban J connectivity index is 1.79. The summed E-state index contributed by atoms with van der Waals surface area (Å²) in [5.74, 6) is 0. The zero-order chi connectivity index (χ0) is 14.3. The van der Waals surface area contributed by atoms with Crippen molar-refractivity contribution in [3.05, 3.63) is 45.2 Å². The first-order chi connectivity index (χ1) is 9.54. The van der Waals surface area contributed by atoms with Crippen molar-refractivity contribution in [1.29, 1.82) is 0 Å². The normalized spacial score (nSPS) is 17.9. The Morgan fingerprint density at radius 3 is 2.80 bits per heavy atom. The summed E-state index contributed by atoms with van der Waals surface area (Å²) in [6.07, 6.45) is 3.42. The van der Waals surface area contributed by atoms with Crippen molar-refractivity contribution < 1.29 is 0 Å². The summed E-state index contributed by atoms with van der Waals surface area (Å²) in [6.45, 7) is 4.19. The van der Waals surface area contributed by atoms with Crippen molar-refractivity contribution in [3.63, 3.8) is 0 Å². The molecule has 0 saturated carbocycles. The molecular weight excluding hydrogens is 314 g/mol. The van der Waals surface area contributed by atoms with Crippen LogP contribution < -0.4 is 5.32 Å². The standard InChI is InChI=1S/C16H20BrN3/c1-10-16(11(2)20(3)19-10)18-15-7-5-12-8-14(17)6-4-13(12)9-15/h4,6,8,15,18H,5,7,9H2,1-3H3. The molecule has 0 fully saturated rings. The number of hydrogen-bond acceptors (Lipinski definition) is 2. The third kappa shape index (κ3) is 2.49. The second kappa shape index (κ2) is 5.24. The van der Waals surface area contributed by atoms with Crippen LogP contribution in [0, 0.1) is 13.8 Å². The first-order valence-electron chi connectivity index (χ1n) is 7.08. The minimum atomic E-state index is 0.505. The van der Waals surface area contributed by atoms with Crippen LogP contribution in [-0.4, -0.2) is 15.8 Å². The van der Waals surface area contributed by atoms with E-state index < -0.39 is 0 Å². The van der Waals surface area contributed by atoms with E-state index >= 15 is 0 Å². The van der Waals surface area contributed by atoms with Crippen LogP contribution in [0.1, 0.15) is 28.9 Å². The molecule has 1 aromatic heterocycles. The zero-order valence-corrected chi connectivity index (χ0v) is 13.8. The van der Waals surface area contributed by atoms with Gasteiger partial charge in [-0.05, 0) is 56.4 Å². The summed E-state index contributed by atoms with van der Waals surface area (Å²) in [5.41, 5.74) is 6.46. The van der Waals surface area contributed by atoms with Gasteiger partial charge < -0.3 is 5.32 Å². The number of benzene rings is 1. The molecular formula is C16H20BrN3. The Morgan fingerprint density at radius 2 is 2.10 bits per heavy atom. The zero-order valence-electron chi connectivity index (χ0n) is 12.2. The fraction of sp³-hybridized carbons (Fsp3) is 0.438. The number of nitrogens with one attached hydrogen (secondary N) is 1. The fourth-order valence-corrected chi connectivity index (χ4v) is 3.44. The number of anilines is 1. The monoisotopic (exact) mass is 333 g/mol. The van der Waals surface area contributed by atoms with E-state index in [1.54, 1.807) is 0 Å². The average Bonchev–Trinajstić information content (AvgIpc) is 2.65. The first-order valence-corrected chi connectivity index (χ1v) is 7.88. The molecule has 0 spiro atoms. The summed E-state index contributed by atoms with van der Waals surface area (Å²) in [4.78, 5) is 0. The highest BCUT2D eigenvalue weighted by Crippen LogP contribution is 2.28. The summed E-state index contributed by atoms with van der Waals surface area (Å²) >= 11 is 3.55. The van der Waals surface area contributed by atoms with Gasteiger partial charge in [-0.1, -0.05) is 22.0 Å². The van der Waals surface area contributed by atoms with E-state index in [1.165, 1.54) is 33.4 Å². The van der Waals surface area contributed by atoms with Gasteiger partial charge in [-0.25, -0.2) is 0 Å². The molecule has 0 aliphatic heterocycles. The first kappa shape index (κ1) is 13.7. The molecule has 3 rings (SSSR count). The Hall–Kier alpha value is -1.29. The summed E-state index contributed by atoms with van der Waals surface area (Å²) in [6, 6.07) is 7.15. The number of aromatic nitrogens is 2. The van der Waals surface area contributed by atoms with Crippen molar-refractivity contribution in [1.82, 2.24) is 9.78 Å². The second-order valence-electron chi connectivity index (χ2n) is 5.67. The summed E-state index contributed by atoms with van der Waals surface area (Å²) in [7, 11) is 2.00. The third-order valence-electron chi connectivity index (χ3n) is 4.25. The van der Waals surface area contributed by atoms with Crippen LogP contribution in [0.25, 0.3) is 0 Å². The molecule has 1 heterocycles. The molecule has 0 radical (unpaired) electrons. The average molecular weight is 334 g/mol. The topological polar surface area (TPSA) is 29.9 Å².